The molecule has 3 heteroatoms. The normalized spacial score (nSPS) is 37.1. The number of ether oxygens (including phenoxy) is 1. The second-order valence-electron chi connectivity index (χ2n) is 6.66. The van der Waals surface area contributed by atoms with Gasteiger partial charge in [0.25, 0.3) is 0 Å². The zero-order chi connectivity index (χ0) is 12.5. The van der Waals surface area contributed by atoms with Gasteiger partial charge in [0.1, 0.15) is 0 Å². The first-order valence-electron chi connectivity index (χ1n) is 6.98. The van der Waals surface area contributed by atoms with Crippen molar-refractivity contribution < 1.29 is 9.84 Å². The monoisotopic (exact) mass is 241 g/mol. The van der Waals surface area contributed by atoms with Gasteiger partial charge in [0.15, 0.2) is 0 Å². The minimum Gasteiger partial charge on any atom is -0.393 e. The van der Waals surface area contributed by atoms with E-state index in [0.29, 0.717) is 17.4 Å². The summed E-state index contributed by atoms with van der Waals surface area (Å²) in [5.41, 5.74) is 0.336. The van der Waals surface area contributed by atoms with Crippen LogP contribution in [0.4, 0.5) is 0 Å². The Morgan fingerprint density at radius 1 is 1.12 bits per heavy atom. The van der Waals surface area contributed by atoms with Gasteiger partial charge in [-0.15, -0.1) is 0 Å². The number of hydrogen-bond acceptors (Lipinski definition) is 3. The number of aliphatic hydroxyl groups excluding tert-OH is 1. The fourth-order valence-electron chi connectivity index (χ4n) is 3.45. The van der Waals surface area contributed by atoms with Gasteiger partial charge < -0.3 is 9.84 Å². The van der Waals surface area contributed by atoms with Gasteiger partial charge in [-0.3, -0.25) is 4.90 Å². The molecule has 3 unspecified atom stereocenters. The molecule has 17 heavy (non-hydrogen) atoms. The largest absolute Gasteiger partial charge is 0.393 e. The molecule has 3 atom stereocenters. The van der Waals surface area contributed by atoms with E-state index in [-0.39, 0.29) is 6.10 Å². The van der Waals surface area contributed by atoms with Crippen molar-refractivity contribution in [3.63, 3.8) is 0 Å². The molecule has 0 radical (unpaired) electrons. The minimum atomic E-state index is -0.0959. The maximum atomic E-state index is 9.94. The highest BCUT2D eigenvalue weighted by Crippen LogP contribution is 2.40. The van der Waals surface area contributed by atoms with Gasteiger partial charge in [-0.05, 0) is 30.6 Å². The van der Waals surface area contributed by atoms with Crippen LogP contribution in [0.3, 0.4) is 0 Å². The second kappa shape index (κ2) is 5.25. The van der Waals surface area contributed by atoms with Crippen molar-refractivity contribution in [2.24, 2.45) is 11.3 Å². The van der Waals surface area contributed by atoms with Gasteiger partial charge in [-0.1, -0.05) is 20.8 Å². The van der Waals surface area contributed by atoms with Crippen LogP contribution in [0.2, 0.25) is 0 Å². The Kier molecular flexibility index (Phi) is 4.11. The molecule has 1 aliphatic carbocycles. The van der Waals surface area contributed by atoms with Crippen LogP contribution >= 0.6 is 0 Å². The van der Waals surface area contributed by atoms with E-state index in [9.17, 15) is 5.11 Å². The van der Waals surface area contributed by atoms with Crippen LogP contribution in [-0.2, 0) is 4.74 Å². The molecule has 3 nitrogen and oxygen atoms in total. The van der Waals surface area contributed by atoms with Crippen LogP contribution in [0.15, 0.2) is 0 Å². The van der Waals surface area contributed by atoms with Crippen molar-refractivity contribution in [1.82, 2.24) is 4.90 Å². The fourth-order valence-corrected chi connectivity index (χ4v) is 3.45. The summed E-state index contributed by atoms with van der Waals surface area (Å²) in [5, 5.41) is 9.94. The minimum absolute atomic E-state index is 0.0959. The Balaban J connectivity index is 2.07. The molecule has 0 bridgehead atoms. The predicted octanol–water partition coefficient (Wildman–Crippen LogP) is 1.89. The Morgan fingerprint density at radius 3 is 2.35 bits per heavy atom. The van der Waals surface area contributed by atoms with Crippen molar-refractivity contribution in [1.29, 1.82) is 0 Å². The molecule has 2 rings (SSSR count). The second-order valence-corrected chi connectivity index (χ2v) is 6.66. The molecular weight excluding hydrogens is 214 g/mol. The lowest BCUT2D eigenvalue weighted by Crippen LogP contribution is -2.53. The van der Waals surface area contributed by atoms with E-state index in [1.807, 2.05) is 0 Å². The molecule has 0 spiro atoms. The van der Waals surface area contributed by atoms with E-state index in [1.165, 1.54) is 0 Å². The smallest absolute Gasteiger partial charge is 0.0594 e. The Hall–Kier alpha value is -0.120. The fraction of sp³-hybridized carbons (Fsp3) is 1.00. The summed E-state index contributed by atoms with van der Waals surface area (Å²) in [5.74, 6) is 0.698. The maximum Gasteiger partial charge on any atom is 0.0594 e. The summed E-state index contributed by atoms with van der Waals surface area (Å²) < 4.78 is 5.43. The molecular formula is C14H27NO2. The third-order valence-corrected chi connectivity index (χ3v) is 4.42. The molecule has 2 fully saturated rings. The molecule has 0 aromatic heterocycles. The highest BCUT2D eigenvalue weighted by atomic mass is 16.5. The third-order valence-electron chi connectivity index (χ3n) is 4.42. The molecule has 0 amide bonds. The summed E-state index contributed by atoms with van der Waals surface area (Å²) in [7, 11) is 0. The zero-order valence-electron chi connectivity index (χ0n) is 11.5. The molecule has 0 aromatic rings. The Labute approximate surface area is 105 Å². The number of nitrogens with zero attached hydrogens (tertiary/aromatic N) is 1. The van der Waals surface area contributed by atoms with Crippen molar-refractivity contribution in [3.8, 4) is 0 Å². The van der Waals surface area contributed by atoms with Gasteiger partial charge in [0.2, 0.25) is 0 Å². The summed E-state index contributed by atoms with van der Waals surface area (Å²) in [6.45, 7) is 10.8. The first kappa shape index (κ1) is 13.3. The molecule has 1 saturated carbocycles. The molecule has 1 saturated heterocycles. The quantitative estimate of drug-likeness (QED) is 0.761. The van der Waals surface area contributed by atoms with Gasteiger partial charge in [0, 0.05) is 19.1 Å². The lowest BCUT2D eigenvalue weighted by Gasteiger charge is -2.48. The summed E-state index contributed by atoms with van der Waals surface area (Å²) in [4.78, 5) is 2.54. The summed E-state index contributed by atoms with van der Waals surface area (Å²) in [6, 6.07) is 0.544. The standard InChI is InChI=1S/C14H27NO2/c1-14(2,3)12-5-4-11(16)10-13(12)15-6-8-17-9-7-15/h11-13,16H,4-10H2,1-3H3. The SMILES string of the molecule is CC(C)(C)C1CCC(O)CC1N1CCOCC1. The van der Waals surface area contributed by atoms with Crippen LogP contribution in [0.5, 0.6) is 0 Å². The van der Waals surface area contributed by atoms with Crippen molar-refractivity contribution in [3.05, 3.63) is 0 Å². The van der Waals surface area contributed by atoms with Crippen LogP contribution in [0.25, 0.3) is 0 Å². The van der Waals surface area contributed by atoms with Crippen molar-refractivity contribution >= 4 is 0 Å². The van der Waals surface area contributed by atoms with Gasteiger partial charge in [0.05, 0.1) is 19.3 Å². The maximum absolute atomic E-state index is 9.94. The Morgan fingerprint density at radius 2 is 1.76 bits per heavy atom. The van der Waals surface area contributed by atoms with E-state index in [4.69, 9.17) is 4.74 Å². The molecule has 2 aliphatic rings. The molecule has 100 valence electrons. The highest BCUT2D eigenvalue weighted by molar-refractivity contribution is 4.92. The van der Waals surface area contributed by atoms with Crippen LogP contribution in [-0.4, -0.2) is 48.5 Å². The molecule has 0 aromatic carbocycles. The molecule has 1 aliphatic heterocycles. The highest BCUT2D eigenvalue weighted by Gasteiger charge is 2.40. The molecule has 1 heterocycles. The van der Waals surface area contributed by atoms with E-state index >= 15 is 0 Å². The number of hydrogen-bond donors (Lipinski definition) is 1. The first-order chi connectivity index (χ1) is 7.98. The van der Waals surface area contributed by atoms with E-state index in [2.05, 4.69) is 25.7 Å². The van der Waals surface area contributed by atoms with E-state index in [0.717, 1.165) is 45.6 Å². The van der Waals surface area contributed by atoms with Gasteiger partial charge in [-0.2, -0.15) is 0 Å². The summed E-state index contributed by atoms with van der Waals surface area (Å²) >= 11 is 0. The topological polar surface area (TPSA) is 32.7 Å². The van der Waals surface area contributed by atoms with Gasteiger partial charge >= 0.3 is 0 Å². The number of rotatable bonds is 1. The van der Waals surface area contributed by atoms with Crippen LogP contribution in [0, 0.1) is 11.3 Å². The lowest BCUT2D eigenvalue weighted by atomic mass is 9.68. The first-order valence-corrected chi connectivity index (χ1v) is 6.98. The van der Waals surface area contributed by atoms with Crippen LogP contribution < -0.4 is 0 Å². The zero-order valence-corrected chi connectivity index (χ0v) is 11.5. The van der Waals surface area contributed by atoms with Crippen molar-refractivity contribution in [2.75, 3.05) is 26.3 Å². The summed E-state index contributed by atoms with van der Waals surface area (Å²) in [6.07, 6.45) is 2.98. The average molecular weight is 241 g/mol. The lowest BCUT2D eigenvalue weighted by molar-refractivity contribution is -0.0522. The Bertz CT molecular complexity index is 243. The third kappa shape index (κ3) is 3.21. The number of morpholine rings is 1. The van der Waals surface area contributed by atoms with Gasteiger partial charge in [-0.25, -0.2) is 0 Å². The van der Waals surface area contributed by atoms with Crippen molar-refractivity contribution in [2.45, 2.75) is 52.2 Å². The number of aliphatic hydroxyl groups is 1. The van der Waals surface area contributed by atoms with E-state index in [1.54, 1.807) is 0 Å². The molecule has 1 N–H and O–H groups in total. The van der Waals surface area contributed by atoms with Crippen LogP contribution in [0.1, 0.15) is 40.0 Å². The van der Waals surface area contributed by atoms with E-state index < -0.39 is 0 Å². The predicted molar refractivity (Wildman–Crippen MR) is 69.0 cm³/mol. The average Bonchev–Trinajstić information content (AvgIpc) is 2.28.